The van der Waals surface area contributed by atoms with E-state index in [1.807, 2.05) is 4.68 Å². The molecular formula is C16H26BN3O3. The van der Waals surface area contributed by atoms with Gasteiger partial charge >= 0.3 is 7.12 Å². The molecule has 2 aliphatic heterocycles. The van der Waals surface area contributed by atoms with Crippen LogP contribution in [0.25, 0.3) is 0 Å². The van der Waals surface area contributed by atoms with Crippen molar-refractivity contribution in [3.05, 3.63) is 5.69 Å². The van der Waals surface area contributed by atoms with Crippen molar-refractivity contribution in [3.8, 4) is 0 Å². The Hall–Kier alpha value is -0.915. The molecule has 0 bridgehead atoms. The molecule has 7 heteroatoms. The number of ether oxygens (including phenoxy) is 1. The van der Waals surface area contributed by atoms with Gasteiger partial charge in [0.25, 0.3) is 0 Å². The van der Waals surface area contributed by atoms with Crippen molar-refractivity contribution in [2.75, 3.05) is 6.61 Å². The van der Waals surface area contributed by atoms with Crippen LogP contribution in [0.1, 0.15) is 77.6 Å². The summed E-state index contributed by atoms with van der Waals surface area (Å²) in [6, 6.07) is 0. The van der Waals surface area contributed by atoms with Gasteiger partial charge in [-0.25, -0.2) is 4.68 Å². The van der Waals surface area contributed by atoms with Crippen molar-refractivity contribution in [3.63, 3.8) is 0 Å². The van der Waals surface area contributed by atoms with Gasteiger partial charge in [0, 0.05) is 12.5 Å². The summed E-state index contributed by atoms with van der Waals surface area (Å²) in [4.78, 5) is 0. The lowest BCUT2D eigenvalue weighted by Crippen LogP contribution is -2.41. The maximum atomic E-state index is 6.19. The van der Waals surface area contributed by atoms with E-state index >= 15 is 0 Å². The van der Waals surface area contributed by atoms with Gasteiger partial charge in [-0.3, -0.25) is 0 Å². The van der Waals surface area contributed by atoms with Crippen LogP contribution >= 0.6 is 0 Å². The van der Waals surface area contributed by atoms with Crippen LogP contribution in [-0.2, 0) is 14.0 Å². The molecule has 126 valence electrons. The predicted molar refractivity (Wildman–Crippen MR) is 86.6 cm³/mol. The fourth-order valence-electron chi connectivity index (χ4n) is 3.32. The molecule has 0 aromatic carbocycles. The van der Waals surface area contributed by atoms with E-state index in [1.165, 1.54) is 19.3 Å². The fourth-order valence-corrected chi connectivity index (χ4v) is 3.32. The smallest absolute Gasteiger partial charge is 0.398 e. The molecule has 4 rings (SSSR count). The molecule has 0 N–H and O–H groups in total. The summed E-state index contributed by atoms with van der Waals surface area (Å²) in [5.74, 6) is 0.518. The van der Waals surface area contributed by atoms with Gasteiger partial charge < -0.3 is 14.0 Å². The first-order valence-corrected chi connectivity index (χ1v) is 8.81. The van der Waals surface area contributed by atoms with Crippen LogP contribution in [0.2, 0.25) is 0 Å². The third-order valence-corrected chi connectivity index (χ3v) is 5.63. The molecule has 1 aromatic heterocycles. The molecule has 3 fully saturated rings. The highest BCUT2D eigenvalue weighted by atomic mass is 16.7. The van der Waals surface area contributed by atoms with Crippen LogP contribution < -0.4 is 5.59 Å². The zero-order valence-electron chi connectivity index (χ0n) is 14.5. The topological polar surface area (TPSA) is 58.4 Å². The quantitative estimate of drug-likeness (QED) is 0.799. The van der Waals surface area contributed by atoms with Crippen molar-refractivity contribution in [1.82, 2.24) is 15.0 Å². The molecule has 0 amide bonds. The summed E-state index contributed by atoms with van der Waals surface area (Å²) >= 11 is 0. The lowest BCUT2D eigenvalue weighted by molar-refractivity contribution is -0.0420. The molecule has 1 saturated carbocycles. The van der Waals surface area contributed by atoms with E-state index in [-0.39, 0.29) is 17.4 Å². The van der Waals surface area contributed by atoms with E-state index in [1.54, 1.807) is 0 Å². The minimum Gasteiger partial charge on any atom is -0.398 e. The average Bonchev–Trinajstić information content (AvgIpc) is 3.19. The molecule has 2 saturated heterocycles. The SMILES string of the molecule is CC1(C)OB(c2nnn(C3CCCCO3)c2C2CC2)OC1(C)C. The Kier molecular flexibility index (Phi) is 3.59. The van der Waals surface area contributed by atoms with E-state index in [4.69, 9.17) is 14.0 Å². The summed E-state index contributed by atoms with van der Waals surface area (Å²) in [6.07, 6.45) is 5.71. The van der Waals surface area contributed by atoms with Gasteiger partial charge in [-0.2, -0.15) is 0 Å². The molecular weight excluding hydrogens is 293 g/mol. The minimum absolute atomic E-state index is 0.0167. The van der Waals surface area contributed by atoms with Crippen LogP contribution in [0.15, 0.2) is 0 Å². The maximum absolute atomic E-state index is 6.19. The molecule has 3 heterocycles. The van der Waals surface area contributed by atoms with Crippen LogP contribution in [-0.4, -0.2) is 39.9 Å². The van der Waals surface area contributed by atoms with Gasteiger partial charge in [0.1, 0.15) is 5.59 Å². The van der Waals surface area contributed by atoms with Gasteiger partial charge in [0.15, 0.2) is 6.23 Å². The Labute approximate surface area is 138 Å². The lowest BCUT2D eigenvalue weighted by Gasteiger charge is -2.32. The van der Waals surface area contributed by atoms with E-state index in [9.17, 15) is 0 Å². The fraction of sp³-hybridized carbons (Fsp3) is 0.875. The van der Waals surface area contributed by atoms with E-state index < -0.39 is 7.12 Å². The Morgan fingerprint density at radius 1 is 1.04 bits per heavy atom. The van der Waals surface area contributed by atoms with Gasteiger partial charge in [-0.15, -0.1) is 5.10 Å². The van der Waals surface area contributed by atoms with Crippen LogP contribution in [0.4, 0.5) is 0 Å². The summed E-state index contributed by atoms with van der Waals surface area (Å²) in [5, 5.41) is 8.87. The molecule has 1 unspecified atom stereocenters. The minimum atomic E-state index is -0.437. The van der Waals surface area contributed by atoms with Gasteiger partial charge in [0.05, 0.1) is 16.9 Å². The number of hydrogen-bond acceptors (Lipinski definition) is 5. The van der Waals surface area contributed by atoms with Gasteiger partial charge in [-0.1, -0.05) is 5.21 Å². The molecule has 0 spiro atoms. The van der Waals surface area contributed by atoms with Crippen molar-refractivity contribution >= 4 is 12.7 Å². The Morgan fingerprint density at radius 3 is 2.30 bits per heavy atom. The molecule has 1 aromatic rings. The largest absolute Gasteiger partial charge is 0.518 e. The second-order valence-corrected chi connectivity index (χ2v) is 7.99. The predicted octanol–water partition coefficient (Wildman–Crippen LogP) is 2.15. The van der Waals surface area contributed by atoms with Crippen molar-refractivity contribution in [1.29, 1.82) is 0 Å². The molecule has 23 heavy (non-hydrogen) atoms. The molecule has 6 nitrogen and oxygen atoms in total. The van der Waals surface area contributed by atoms with Crippen molar-refractivity contribution in [2.24, 2.45) is 0 Å². The highest BCUT2D eigenvalue weighted by molar-refractivity contribution is 6.61. The van der Waals surface area contributed by atoms with Gasteiger partial charge in [-0.05, 0) is 59.8 Å². The zero-order valence-corrected chi connectivity index (χ0v) is 14.5. The average molecular weight is 319 g/mol. The van der Waals surface area contributed by atoms with E-state index in [0.717, 1.165) is 30.7 Å². The highest BCUT2D eigenvalue weighted by Crippen LogP contribution is 2.42. The number of hydrogen-bond donors (Lipinski definition) is 0. The van der Waals surface area contributed by atoms with Crippen LogP contribution in [0.5, 0.6) is 0 Å². The number of aromatic nitrogens is 3. The Balaban J connectivity index is 1.66. The number of nitrogens with zero attached hydrogens (tertiary/aromatic N) is 3. The third-order valence-electron chi connectivity index (χ3n) is 5.63. The lowest BCUT2D eigenvalue weighted by atomic mass is 9.82. The first-order valence-electron chi connectivity index (χ1n) is 8.81. The molecule has 0 radical (unpaired) electrons. The molecule has 1 aliphatic carbocycles. The van der Waals surface area contributed by atoms with E-state index in [0.29, 0.717) is 5.92 Å². The van der Waals surface area contributed by atoms with Gasteiger partial charge in [0.2, 0.25) is 0 Å². The monoisotopic (exact) mass is 319 g/mol. The standard InChI is InChI=1S/C16H26BN3O3/c1-15(2)16(3,4)23-17(22-15)14-13(11-8-9-11)20(19-18-14)12-7-5-6-10-21-12/h11-12H,5-10H2,1-4H3. The number of rotatable bonds is 3. The van der Waals surface area contributed by atoms with Crippen molar-refractivity contribution < 1.29 is 14.0 Å². The summed E-state index contributed by atoms with van der Waals surface area (Å²) in [5.41, 5.74) is 1.29. The normalized spacial score (nSPS) is 29.9. The Morgan fingerprint density at radius 2 is 1.74 bits per heavy atom. The van der Waals surface area contributed by atoms with Crippen LogP contribution in [0.3, 0.4) is 0 Å². The Bertz CT molecular complexity index is 575. The summed E-state index contributed by atoms with van der Waals surface area (Å²) < 4.78 is 20.3. The maximum Gasteiger partial charge on any atom is 0.518 e. The first kappa shape index (κ1) is 15.6. The highest BCUT2D eigenvalue weighted by Gasteiger charge is 2.54. The molecule has 1 atom stereocenters. The van der Waals surface area contributed by atoms with Crippen molar-refractivity contribution in [2.45, 2.75) is 83.1 Å². The first-order chi connectivity index (χ1) is 10.9. The summed E-state index contributed by atoms with van der Waals surface area (Å²) in [7, 11) is -0.437. The zero-order chi connectivity index (χ0) is 16.2. The van der Waals surface area contributed by atoms with E-state index in [2.05, 4.69) is 38.0 Å². The summed E-state index contributed by atoms with van der Waals surface area (Å²) in [6.45, 7) is 9.08. The third kappa shape index (κ3) is 2.63. The second-order valence-electron chi connectivity index (χ2n) is 7.99. The second kappa shape index (κ2) is 5.29. The molecule has 3 aliphatic rings. The van der Waals surface area contributed by atoms with Crippen LogP contribution in [0, 0.1) is 0 Å².